The summed E-state index contributed by atoms with van der Waals surface area (Å²) >= 11 is 0. The summed E-state index contributed by atoms with van der Waals surface area (Å²) in [6, 6.07) is 5.89. The fourth-order valence-electron chi connectivity index (χ4n) is 3.19. The maximum atomic E-state index is 12.8. The largest absolute Gasteiger partial charge is 0.481 e. The lowest BCUT2D eigenvalue weighted by Crippen LogP contribution is -2.31. The summed E-state index contributed by atoms with van der Waals surface area (Å²) in [7, 11) is 0. The molecule has 4 heteroatoms. The Kier molecular flexibility index (Phi) is 7.01. The number of ether oxygens (including phenoxy) is 1. The molecule has 0 radical (unpaired) electrons. The predicted octanol–water partition coefficient (Wildman–Crippen LogP) is 5.35. The minimum Gasteiger partial charge on any atom is -0.481 e. The molecule has 0 fully saturated rings. The quantitative estimate of drug-likeness (QED) is 0.599. The van der Waals surface area contributed by atoms with Crippen LogP contribution in [0, 0.1) is 27.7 Å². The van der Waals surface area contributed by atoms with E-state index in [0.29, 0.717) is 0 Å². The van der Waals surface area contributed by atoms with Crippen LogP contribution in [-0.4, -0.2) is 21.8 Å². The molecular weight excluding hydrogens is 324 g/mol. The first-order valence-electron chi connectivity index (χ1n) is 9.68. The fraction of sp³-hybridized carbons (Fsp3) is 0.545. The Morgan fingerprint density at radius 2 is 1.85 bits per heavy atom. The maximum absolute atomic E-state index is 12.8. The molecule has 142 valence electrons. The Morgan fingerprint density at radius 1 is 1.12 bits per heavy atom. The first kappa shape index (κ1) is 20.2. The number of carbonyl (C=O) groups is 1. The summed E-state index contributed by atoms with van der Waals surface area (Å²) in [6.45, 7) is 12.1. The van der Waals surface area contributed by atoms with Crippen LogP contribution in [-0.2, 0) is 6.42 Å². The highest BCUT2D eigenvalue weighted by Gasteiger charge is 2.22. The van der Waals surface area contributed by atoms with Crippen molar-refractivity contribution < 1.29 is 9.53 Å². The lowest BCUT2D eigenvalue weighted by Gasteiger charge is -2.15. The molecule has 0 aliphatic rings. The first-order valence-corrected chi connectivity index (χ1v) is 9.68. The molecule has 1 unspecified atom stereocenters. The van der Waals surface area contributed by atoms with Crippen LogP contribution in [0.2, 0.25) is 0 Å². The fourth-order valence-corrected chi connectivity index (χ4v) is 3.19. The van der Waals surface area contributed by atoms with Crippen molar-refractivity contribution in [1.29, 1.82) is 0 Å². The number of benzene rings is 1. The van der Waals surface area contributed by atoms with E-state index in [4.69, 9.17) is 4.74 Å². The normalized spacial score (nSPS) is 12.2. The summed E-state index contributed by atoms with van der Waals surface area (Å²) in [5, 5.41) is 4.49. The molecule has 1 aromatic heterocycles. The minimum absolute atomic E-state index is 0.122. The third-order valence-electron chi connectivity index (χ3n) is 5.07. The second-order valence-electron chi connectivity index (χ2n) is 7.22. The number of nitrogens with zero attached hydrogens (tertiary/aromatic N) is 2. The van der Waals surface area contributed by atoms with Crippen molar-refractivity contribution >= 4 is 5.91 Å². The van der Waals surface area contributed by atoms with Crippen molar-refractivity contribution in [1.82, 2.24) is 9.78 Å². The molecule has 26 heavy (non-hydrogen) atoms. The van der Waals surface area contributed by atoms with Crippen molar-refractivity contribution in [2.24, 2.45) is 0 Å². The molecule has 1 heterocycles. The lowest BCUT2D eigenvalue weighted by molar-refractivity contribution is 0.0707. The minimum atomic E-state index is -0.581. The molecule has 0 aliphatic heterocycles. The van der Waals surface area contributed by atoms with Gasteiger partial charge in [-0.1, -0.05) is 32.3 Å². The Bertz CT molecular complexity index is 762. The molecule has 0 N–H and O–H groups in total. The molecule has 4 nitrogen and oxygen atoms in total. The van der Waals surface area contributed by atoms with Gasteiger partial charge in [0.1, 0.15) is 5.75 Å². The summed E-state index contributed by atoms with van der Waals surface area (Å²) in [6.07, 6.45) is 5.25. The maximum Gasteiger partial charge on any atom is 0.287 e. The second kappa shape index (κ2) is 9.02. The average molecular weight is 357 g/mol. The molecule has 0 bridgehead atoms. The highest BCUT2D eigenvalue weighted by Crippen LogP contribution is 2.20. The topological polar surface area (TPSA) is 44.1 Å². The van der Waals surface area contributed by atoms with Gasteiger partial charge in [0, 0.05) is 5.69 Å². The van der Waals surface area contributed by atoms with E-state index in [2.05, 4.69) is 18.9 Å². The van der Waals surface area contributed by atoms with Crippen LogP contribution in [0.5, 0.6) is 5.75 Å². The van der Waals surface area contributed by atoms with Gasteiger partial charge >= 0.3 is 0 Å². The van der Waals surface area contributed by atoms with Crippen LogP contribution in [0.25, 0.3) is 0 Å². The van der Waals surface area contributed by atoms with Gasteiger partial charge in [0.05, 0.1) is 5.69 Å². The molecule has 0 amide bonds. The van der Waals surface area contributed by atoms with Crippen molar-refractivity contribution in [3.8, 4) is 5.75 Å². The van der Waals surface area contributed by atoms with Gasteiger partial charge in [-0.2, -0.15) is 5.10 Å². The van der Waals surface area contributed by atoms with Crippen LogP contribution in [0.15, 0.2) is 18.2 Å². The van der Waals surface area contributed by atoms with Gasteiger partial charge < -0.3 is 4.74 Å². The summed E-state index contributed by atoms with van der Waals surface area (Å²) in [5.41, 5.74) is 5.46. The molecule has 2 rings (SSSR count). The number of hydrogen-bond donors (Lipinski definition) is 0. The van der Waals surface area contributed by atoms with Crippen molar-refractivity contribution in [3.05, 3.63) is 46.3 Å². The first-order chi connectivity index (χ1) is 12.3. The Hall–Kier alpha value is -2.10. The van der Waals surface area contributed by atoms with E-state index in [-0.39, 0.29) is 5.91 Å². The van der Waals surface area contributed by atoms with E-state index in [0.717, 1.165) is 35.5 Å². The van der Waals surface area contributed by atoms with Gasteiger partial charge in [-0.05, 0) is 76.3 Å². The molecule has 0 saturated carbocycles. The number of aromatic nitrogens is 2. The van der Waals surface area contributed by atoms with E-state index >= 15 is 0 Å². The van der Waals surface area contributed by atoms with E-state index in [1.54, 1.807) is 6.92 Å². The number of hydrogen-bond acceptors (Lipinski definition) is 3. The van der Waals surface area contributed by atoms with Gasteiger partial charge in [-0.15, -0.1) is 0 Å². The highest BCUT2D eigenvalue weighted by atomic mass is 16.5. The van der Waals surface area contributed by atoms with Gasteiger partial charge in [-0.3, -0.25) is 4.79 Å². The van der Waals surface area contributed by atoms with Gasteiger partial charge in [-0.25, -0.2) is 4.68 Å². The molecular formula is C22H32N2O2. The van der Waals surface area contributed by atoms with Gasteiger partial charge in [0.2, 0.25) is 0 Å². The zero-order valence-corrected chi connectivity index (χ0v) is 17.1. The number of unbranched alkanes of at least 4 members (excludes halogenated alkanes) is 3. The van der Waals surface area contributed by atoms with Gasteiger partial charge in [0.25, 0.3) is 5.91 Å². The van der Waals surface area contributed by atoms with Gasteiger partial charge in [0.15, 0.2) is 6.10 Å². The molecule has 0 spiro atoms. The number of aryl methyl sites for hydroxylation is 3. The molecule has 1 aromatic carbocycles. The summed E-state index contributed by atoms with van der Waals surface area (Å²) in [5.74, 6) is 0.596. The molecule has 0 saturated heterocycles. The molecule has 1 atom stereocenters. The Morgan fingerprint density at radius 3 is 2.50 bits per heavy atom. The second-order valence-corrected chi connectivity index (χ2v) is 7.22. The predicted molar refractivity (Wildman–Crippen MR) is 106 cm³/mol. The van der Waals surface area contributed by atoms with Crippen molar-refractivity contribution in [2.45, 2.75) is 79.8 Å². The third kappa shape index (κ3) is 4.75. The molecule has 2 aromatic rings. The number of rotatable bonds is 8. The smallest absolute Gasteiger partial charge is 0.287 e. The average Bonchev–Trinajstić information content (AvgIpc) is 2.89. The monoisotopic (exact) mass is 356 g/mol. The SMILES string of the molecule is CCCCCCc1c(C)nn(C(=O)C(C)Oc2ccc(C)c(C)c2)c1C. The summed E-state index contributed by atoms with van der Waals surface area (Å²) < 4.78 is 7.40. The van der Waals surface area contributed by atoms with E-state index in [9.17, 15) is 4.79 Å². The Balaban J connectivity index is 2.09. The van der Waals surface area contributed by atoms with E-state index in [1.165, 1.54) is 35.1 Å². The van der Waals surface area contributed by atoms with E-state index in [1.807, 2.05) is 39.0 Å². The highest BCUT2D eigenvalue weighted by molar-refractivity contribution is 5.83. The van der Waals surface area contributed by atoms with Crippen molar-refractivity contribution in [2.75, 3.05) is 0 Å². The van der Waals surface area contributed by atoms with Crippen LogP contribution >= 0.6 is 0 Å². The standard InChI is InChI=1S/C22H32N2O2/c1-7-8-9-10-11-21-17(4)23-24(18(21)5)22(25)19(6)26-20-13-12-15(2)16(3)14-20/h12-14,19H,7-11H2,1-6H3. The van der Waals surface area contributed by atoms with Crippen LogP contribution in [0.1, 0.15) is 72.4 Å². The van der Waals surface area contributed by atoms with Crippen LogP contribution in [0.4, 0.5) is 0 Å². The van der Waals surface area contributed by atoms with Crippen LogP contribution < -0.4 is 4.74 Å². The zero-order chi connectivity index (χ0) is 19.3. The lowest BCUT2D eigenvalue weighted by atomic mass is 10.0. The number of carbonyl (C=O) groups excluding carboxylic acids is 1. The summed E-state index contributed by atoms with van der Waals surface area (Å²) in [4.78, 5) is 12.8. The molecule has 0 aliphatic carbocycles. The van der Waals surface area contributed by atoms with E-state index < -0.39 is 6.10 Å². The zero-order valence-electron chi connectivity index (χ0n) is 17.1. The van der Waals surface area contributed by atoms with Crippen LogP contribution in [0.3, 0.4) is 0 Å². The Labute approximate surface area is 157 Å². The van der Waals surface area contributed by atoms with Crippen molar-refractivity contribution in [3.63, 3.8) is 0 Å². The third-order valence-corrected chi connectivity index (χ3v) is 5.07.